The number of hydrogen-bond acceptors (Lipinski definition) is 3. The Hall–Kier alpha value is -2.31. The Morgan fingerprint density at radius 2 is 2.16 bits per heavy atom. The van der Waals surface area contributed by atoms with Gasteiger partial charge in [-0.1, -0.05) is 0 Å². The first kappa shape index (κ1) is 13.1. The van der Waals surface area contributed by atoms with Gasteiger partial charge in [0.2, 0.25) is 0 Å². The summed E-state index contributed by atoms with van der Waals surface area (Å²) in [4.78, 5) is 14.5. The van der Waals surface area contributed by atoms with Gasteiger partial charge >= 0.3 is 5.97 Å². The lowest BCUT2D eigenvalue weighted by Gasteiger charge is -2.01. The maximum absolute atomic E-state index is 13.6. The van der Waals surface area contributed by atoms with E-state index in [-0.39, 0.29) is 30.1 Å². The molecule has 0 unspecified atom stereocenters. The SMILES string of the molecule is Cn1nc(CCC(=O)O)nc1-c1cc(F)ccc1F. The summed E-state index contributed by atoms with van der Waals surface area (Å²) in [6.07, 6.45) is 0.0230. The normalized spacial score (nSPS) is 10.7. The van der Waals surface area contributed by atoms with Gasteiger partial charge in [-0.3, -0.25) is 4.79 Å². The first-order valence-electron chi connectivity index (χ1n) is 5.54. The molecule has 0 atom stereocenters. The van der Waals surface area contributed by atoms with Gasteiger partial charge < -0.3 is 5.11 Å². The van der Waals surface area contributed by atoms with Crippen molar-refractivity contribution in [3.63, 3.8) is 0 Å². The molecule has 1 aromatic heterocycles. The van der Waals surface area contributed by atoms with E-state index in [1.807, 2.05) is 0 Å². The van der Waals surface area contributed by atoms with Crippen molar-refractivity contribution >= 4 is 5.97 Å². The molecule has 0 fully saturated rings. The minimum Gasteiger partial charge on any atom is -0.481 e. The molecule has 5 nitrogen and oxygen atoms in total. The molecule has 0 aliphatic rings. The molecule has 0 radical (unpaired) electrons. The van der Waals surface area contributed by atoms with Crippen LogP contribution in [-0.4, -0.2) is 25.8 Å². The summed E-state index contributed by atoms with van der Waals surface area (Å²) in [6, 6.07) is 3.05. The van der Waals surface area contributed by atoms with E-state index in [0.29, 0.717) is 0 Å². The number of halogens is 2. The number of aromatic nitrogens is 3. The molecule has 100 valence electrons. The average Bonchev–Trinajstić information content (AvgIpc) is 2.71. The van der Waals surface area contributed by atoms with Crippen molar-refractivity contribution in [3.05, 3.63) is 35.7 Å². The Morgan fingerprint density at radius 1 is 1.42 bits per heavy atom. The third-order valence-corrected chi connectivity index (χ3v) is 2.54. The number of carboxylic acid groups (broad SMARTS) is 1. The average molecular weight is 267 g/mol. The number of rotatable bonds is 4. The van der Waals surface area contributed by atoms with Crippen molar-refractivity contribution in [1.29, 1.82) is 0 Å². The Bertz CT molecular complexity index is 625. The third kappa shape index (κ3) is 2.93. The van der Waals surface area contributed by atoms with Gasteiger partial charge in [0.1, 0.15) is 11.6 Å². The van der Waals surface area contributed by atoms with Gasteiger partial charge in [0.25, 0.3) is 0 Å². The van der Waals surface area contributed by atoms with E-state index in [2.05, 4.69) is 10.1 Å². The molecule has 1 N–H and O–H groups in total. The molecule has 0 aliphatic heterocycles. The fourth-order valence-electron chi connectivity index (χ4n) is 1.67. The van der Waals surface area contributed by atoms with Crippen LogP contribution in [0.4, 0.5) is 8.78 Å². The van der Waals surface area contributed by atoms with E-state index < -0.39 is 17.6 Å². The maximum Gasteiger partial charge on any atom is 0.303 e. The molecule has 1 aromatic carbocycles. The fourth-order valence-corrected chi connectivity index (χ4v) is 1.67. The van der Waals surface area contributed by atoms with Crippen molar-refractivity contribution in [2.75, 3.05) is 0 Å². The lowest BCUT2D eigenvalue weighted by Crippen LogP contribution is -1.99. The first-order chi connectivity index (χ1) is 8.97. The van der Waals surface area contributed by atoms with Crippen LogP contribution in [0.2, 0.25) is 0 Å². The van der Waals surface area contributed by atoms with Crippen molar-refractivity contribution in [2.45, 2.75) is 12.8 Å². The van der Waals surface area contributed by atoms with Crippen molar-refractivity contribution < 1.29 is 18.7 Å². The van der Waals surface area contributed by atoms with Crippen LogP contribution >= 0.6 is 0 Å². The number of carboxylic acids is 1. The number of carbonyl (C=O) groups is 1. The van der Waals surface area contributed by atoms with E-state index in [0.717, 1.165) is 18.2 Å². The van der Waals surface area contributed by atoms with Gasteiger partial charge in [0.05, 0.1) is 12.0 Å². The van der Waals surface area contributed by atoms with Crippen LogP contribution in [0.1, 0.15) is 12.2 Å². The van der Waals surface area contributed by atoms with Gasteiger partial charge in [-0.2, -0.15) is 5.10 Å². The van der Waals surface area contributed by atoms with E-state index >= 15 is 0 Å². The minimum absolute atomic E-state index is 0.00317. The highest BCUT2D eigenvalue weighted by Crippen LogP contribution is 2.21. The maximum atomic E-state index is 13.6. The lowest BCUT2D eigenvalue weighted by molar-refractivity contribution is -0.137. The minimum atomic E-state index is -0.967. The molecule has 0 saturated carbocycles. The summed E-state index contributed by atoms with van der Waals surface area (Å²) < 4.78 is 28.0. The van der Waals surface area contributed by atoms with E-state index in [9.17, 15) is 13.6 Å². The Kier molecular flexibility index (Phi) is 3.55. The topological polar surface area (TPSA) is 68.0 Å². The number of aryl methyl sites for hydroxylation is 2. The van der Waals surface area contributed by atoms with Gasteiger partial charge in [0.15, 0.2) is 11.6 Å². The standard InChI is InChI=1S/C12H11F2N3O2/c1-17-12(8-6-7(13)2-3-9(8)14)15-10(16-17)4-5-11(18)19/h2-3,6H,4-5H2,1H3,(H,18,19). The second-order valence-corrected chi connectivity index (χ2v) is 3.99. The predicted octanol–water partition coefficient (Wildman–Crippen LogP) is 1.78. The molecule has 0 aliphatic carbocycles. The molecule has 1 heterocycles. The van der Waals surface area contributed by atoms with Crippen molar-refractivity contribution in [3.8, 4) is 11.4 Å². The van der Waals surface area contributed by atoms with Crippen LogP contribution in [0.3, 0.4) is 0 Å². The van der Waals surface area contributed by atoms with Crippen molar-refractivity contribution in [2.24, 2.45) is 7.05 Å². The molecule has 0 amide bonds. The van der Waals surface area contributed by atoms with Crippen LogP contribution in [0.25, 0.3) is 11.4 Å². The molecule has 0 spiro atoms. The summed E-state index contributed by atoms with van der Waals surface area (Å²) in [5.41, 5.74) is -0.00317. The highest BCUT2D eigenvalue weighted by molar-refractivity contribution is 5.67. The van der Waals surface area contributed by atoms with Crippen LogP contribution < -0.4 is 0 Å². The second kappa shape index (κ2) is 5.13. The van der Waals surface area contributed by atoms with Crippen LogP contribution in [0.5, 0.6) is 0 Å². The molecule has 2 rings (SSSR count). The summed E-state index contributed by atoms with van der Waals surface area (Å²) in [5, 5.41) is 12.6. The summed E-state index contributed by atoms with van der Waals surface area (Å²) in [6.45, 7) is 0. The highest BCUT2D eigenvalue weighted by atomic mass is 19.1. The van der Waals surface area contributed by atoms with E-state index in [1.165, 1.54) is 11.7 Å². The molecule has 2 aromatic rings. The molecule has 0 saturated heterocycles. The molecular formula is C12H11F2N3O2. The van der Waals surface area contributed by atoms with Crippen LogP contribution in [0.15, 0.2) is 18.2 Å². The molecular weight excluding hydrogens is 256 g/mol. The summed E-state index contributed by atoms with van der Waals surface area (Å²) >= 11 is 0. The Balaban J connectivity index is 2.34. The summed E-state index contributed by atoms with van der Waals surface area (Å²) in [5.74, 6) is -1.71. The number of aliphatic carboxylic acids is 1. The van der Waals surface area contributed by atoms with Gasteiger partial charge in [0, 0.05) is 13.5 Å². The van der Waals surface area contributed by atoms with Gasteiger partial charge in [-0.25, -0.2) is 18.4 Å². The monoisotopic (exact) mass is 267 g/mol. The number of hydrogen-bond donors (Lipinski definition) is 1. The number of benzene rings is 1. The smallest absolute Gasteiger partial charge is 0.303 e. The predicted molar refractivity (Wildman–Crippen MR) is 62.3 cm³/mol. The Morgan fingerprint density at radius 3 is 2.84 bits per heavy atom. The second-order valence-electron chi connectivity index (χ2n) is 3.99. The highest BCUT2D eigenvalue weighted by Gasteiger charge is 2.15. The summed E-state index contributed by atoms with van der Waals surface area (Å²) in [7, 11) is 1.54. The van der Waals surface area contributed by atoms with Crippen molar-refractivity contribution in [1.82, 2.24) is 14.8 Å². The molecule has 7 heteroatoms. The molecule has 19 heavy (non-hydrogen) atoms. The third-order valence-electron chi connectivity index (χ3n) is 2.54. The first-order valence-corrected chi connectivity index (χ1v) is 5.54. The van der Waals surface area contributed by atoms with Gasteiger partial charge in [-0.05, 0) is 18.2 Å². The lowest BCUT2D eigenvalue weighted by atomic mass is 10.2. The quantitative estimate of drug-likeness (QED) is 0.916. The molecule has 0 bridgehead atoms. The van der Waals surface area contributed by atoms with Crippen LogP contribution in [0, 0.1) is 11.6 Å². The zero-order valence-electron chi connectivity index (χ0n) is 10.1. The Labute approximate surface area is 107 Å². The van der Waals surface area contributed by atoms with E-state index in [1.54, 1.807) is 0 Å². The fraction of sp³-hybridized carbons (Fsp3) is 0.250. The van der Waals surface area contributed by atoms with E-state index in [4.69, 9.17) is 5.11 Å². The number of nitrogens with zero attached hydrogens (tertiary/aromatic N) is 3. The van der Waals surface area contributed by atoms with Gasteiger partial charge in [-0.15, -0.1) is 0 Å². The zero-order valence-corrected chi connectivity index (χ0v) is 10.1. The zero-order chi connectivity index (χ0) is 14.0. The largest absolute Gasteiger partial charge is 0.481 e. The van der Waals surface area contributed by atoms with Crippen LogP contribution in [-0.2, 0) is 18.3 Å².